The molecule has 2 heterocycles. The van der Waals surface area contributed by atoms with Crippen molar-refractivity contribution in [2.45, 2.75) is 13.8 Å². The van der Waals surface area contributed by atoms with Crippen LogP contribution in [0.15, 0.2) is 30.3 Å². The molecule has 0 fully saturated rings. The number of carbonyl (C=O) groups is 1. The minimum Gasteiger partial charge on any atom is -0.508 e. The zero-order valence-electron chi connectivity index (χ0n) is 13.8. The van der Waals surface area contributed by atoms with Crippen LogP contribution in [0.1, 0.15) is 12.6 Å². The SMILES string of the molecule is CCOC(=O)Nc1cc2nc(C)c(-c3ccc(O)cc3)nc2c(N)n1. The van der Waals surface area contributed by atoms with Gasteiger partial charge >= 0.3 is 6.09 Å². The molecule has 0 atom stereocenters. The second-order valence-corrected chi connectivity index (χ2v) is 5.31. The predicted molar refractivity (Wildman–Crippen MR) is 94.2 cm³/mol. The van der Waals surface area contributed by atoms with Crippen molar-refractivity contribution in [2.75, 3.05) is 17.7 Å². The molecule has 0 radical (unpaired) electrons. The molecule has 0 aliphatic heterocycles. The van der Waals surface area contributed by atoms with Gasteiger partial charge in [-0.1, -0.05) is 0 Å². The van der Waals surface area contributed by atoms with Gasteiger partial charge in [0, 0.05) is 11.6 Å². The molecule has 2 aromatic heterocycles. The van der Waals surface area contributed by atoms with E-state index in [0.29, 0.717) is 22.4 Å². The van der Waals surface area contributed by atoms with E-state index >= 15 is 0 Å². The predicted octanol–water partition coefficient (Wildman–Crippen LogP) is 2.86. The number of hydrogen-bond acceptors (Lipinski definition) is 7. The molecule has 1 aromatic carbocycles. The number of carbonyl (C=O) groups excluding carboxylic acids is 1. The average molecular weight is 339 g/mol. The highest BCUT2D eigenvalue weighted by Crippen LogP contribution is 2.27. The quantitative estimate of drug-likeness (QED) is 0.670. The largest absolute Gasteiger partial charge is 0.508 e. The van der Waals surface area contributed by atoms with Gasteiger partial charge in [0.05, 0.1) is 23.5 Å². The van der Waals surface area contributed by atoms with Crippen molar-refractivity contribution >= 4 is 28.8 Å². The van der Waals surface area contributed by atoms with Gasteiger partial charge in [-0.25, -0.2) is 19.7 Å². The summed E-state index contributed by atoms with van der Waals surface area (Å²) in [5, 5.41) is 11.9. The summed E-state index contributed by atoms with van der Waals surface area (Å²) in [4.78, 5) is 24.7. The van der Waals surface area contributed by atoms with Gasteiger partial charge in [0.2, 0.25) is 0 Å². The van der Waals surface area contributed by atoms with Crippen molar-refractivity contribution < 1.29 is 14.6 Å². The standard InChI is InChI=1S/C17H17N5O3/c1-3-25-17(24)21-13-8-12-15(16(18)20-13)22-14(9(2)19-12)10-4-6-11(23)7-5-10/h4-8,23H,3H2,1-2H3,(H3,18,20,21,24). The zero-order valence-corrected chi connectivity index (χ0v) is 13.8. The minimum absolute atomic E-state index is 0.150. The van der Waals surface area contributed by atoms with E-state index in [0.717, 1.165) is 5.56 Å². The lowest BCUT2D eigenvalue weighted by atomic mass is 10.1. The van der Waals surface area contributed by atoms with Gasteiger partial charge < -0.3 is 15.6 Å². The number of nitrogen functional groups attached to an aromatic ring is 1. The molecule has 0 saturated carbocycles. The first kappa shape index (κ1) is 16.4. The first-order chi connectivity index (χ1) is 12.0. The van der Waals surface area contributed by atoms with E-state index in [4.69, 9.17) is 10.5 Å². The van der Waals surface area contributed by atoms with Gasteiger partial charge in [0.25, 0.3) is 0 Å². The Hall–Kier alpha value is -3.42. The zero-order chi connectivity index (χ0) is 18.0. The average Bonchev–Trinajstić information content (AvgIpc) is 2.55. The van der Waals surface area contributed by atoms with E-state index in [1.165, 1.54) is 0 Å². The number of anilines is 2. The molecule has 3 aromatic rings. The lowest BCUT2D eigenvalue weighted by Crippen LogP contribution is -2.15. The number of rotatable bonds is 3. The summed E-state index contributed by atoms with van der Waals surface area (Å²) in [6.07, 6.45) is -0.612. The summed E-state index contributed by atoms with van der Waals surface area (Å²) >= 11 is 0. The van der Waals surface area contributed by atoms with Crippen molar-refractivity contribution in [1.29, 1.82) is 0 Å². The Morgan fingerprint density at radius 1 is 1.24 bits per heavy atom. The van der Waals surface area contributed by atoms with Crippen LogP contribution in [0.3, 0.4) is 0 Å². The van der Waals surface area contributed by atoms with Crippen LogP contribution in [-0.2, 0) is 4.74 Å². The molecule has 0 aliphatic carbocycles. The maximum atomic E-state index is 11.5. The van der Waals surface area contributed by atoms with Gasteiger partial charge in [-0.15, -0.1) is 0 Å². The van der Waals surface area contributed by atoms with Crippen LogP contribution in [-0.4, -0.2) is 32.8 Å². The van der Waals surface area contributed by atoms with Gasteiger partial charge in [0.15, 0.2) is 5.82 Å². The van der Waals surface area contributed by atoms with E-state index in [-0.39, 0.29) is 24.0 Å². The van der Waals surface area contributed by atoms with Gasteiger partial charge in [-0.2, -0.15) is 0 Å². The summed E-state index contributed by atoms with van der Waals surface area (Å²) in [5.74, 6) is 0.567. The molecule has 1 amide bonds. The fraction of sp³-hybridized carbons (Fsp3) is 0.176. The molecule has 0 unspecified atom stereocenters. The number of ether oxygens (including phenoxy) is 1. The lowest BCUT2D eigenvalue weighted by Gasteiger charge is -2.10. The molecule has 0 spiro atoms. The summed E-state index contributed by atoms with van der Waals surface area (Å²) in [5.41, 5.74) is 9.06. The van der Waals surface area contributed by atoms with Crippen molar-refractivity contribution in [2.24, 2.45) is 0 Å². The third-order valence-corrected chi connectivity index (χ3v) is 3.50. The van der Waals surface area contributed by atoms with E-state index in [2.05, 4.69) is 20.3 Å². The molecule has 0 aliphatic rings. The van der Waals surface area contributed by atoms with Crippen LogP contribution in [0.2, 0.25) is 0 Å². The molecule has 25 heavy (non-hydrogen) atoms. The maximum absolute atomic E-state index is 11.5. The number of fused-ring (bicyclic) bond motifs is 1. The van der Waals surface area contributed by atoms with Crippen LogP contribution in [0, 0.1) is 6.92 Å². The van der Waals surface area contributed by atoms with Crippen LogP contribution in [0.4, 0.5) is 16.4 Å². The second-order valence-electron chi connectivity index (χ2n) is 5.31. The topological polar surface area (TPSA) is 123 Å². The Morgan fingerprint density at radius 2 is 1.96 bits per heavy atom. The highest BCUT2D eigenvalue weighted by atomic mass is 16.5. The highest BCUT2D eigenvalue weighted by Gasteiger charge is 2.13. The van der Waals surface area contributed by atoms with Gasteiger partial charge in [-0.3, -0.25) is 5.32 Å². The number of nitrogens with one attached hydrogen (secondary N) is 1. The number of phenols is 1. The Labute approximate surface area is 143 Å². The van der Waals surface area contributed by atoms with E-state index in [9.17, 15) is 9.90 Å². The Kier molecular flexibility index (Phi) is 4.34. The third kappa shape index (κ3) is 3.42. The van der Waals surface area contributed by atoms with Gasteiger partial charge in [-0.05, 0) is 38.1 Å². The number of hydrogen-bond donors (Lipinski definition) is 3. The van der Waals surface area contributed by atoms with Gasteiger partial charge in [0.1, 0.15) is 17.1 Å². The third-order valence-electron chi connectivity index (χ3n) is 3.50. The first-order valence-corrected chi connectivity index (χ1v) is 7.66. The number of nitrogens with zero attached hydrogens (tertiary/aromatic N) is 3. The lowest BCUT2D eigenvalue weighted by molar-refractivity contribution is 0.168. The molecule has 0 saturated heterocycles. The molecule has 3 rings (SSSR count). The fourth-order valence-corrected chi connectivity index (χ4v) is 2.40. The Bertz CT molecular complexity index is 941. The summed E-state index contributed by atoms with van der Waals surface area (Å²) in [6, 6.07) is 8.24. The van der Waals surface area contributed by atoms with E-state index in [1.54, 1.807) is 37.3 Å². The molecule has 4 N–H and O–H groups in total. The van der Waals surface area contributed by atoms with Crippen LogP contribution >= 0.6 is 0 Å². The summed E-state index contributed by atoms with van der Waals surface area (Å²) in [6.45, 7) is 3.79. The second kappa shape index (κ2) is 6.60. The van der Waals surface area contributed by atoms with Crippen molar-refractivity contribution in [3.8, 4) is 17.0 Å². The number of benzene rings is 1. The van der Waals surface area contributed by atoms with Crippen molar-refractivity contribution in [3.05, 3.63) is 36.0 Å². The Balaban J connectivity index is 2.05. The molecule has 8 heteroatoms. The number of phenolic OH excluding ortho intramolecular Hbond substituents is 1. The molecule has 128 valence electrons. The van der Waals surface area contributed by atoms with E-state index in [1.807, 2.05) is 6.92 Å². The first-order valence-electron chi connectivity index (χ1n) is 7.66. The fourth-order valence-electron chi connectivity index (χ4n) is 2.40. The molecule has 8 nitrogen and oxygen atoms in total. The monoisotopic (exact) mass is 339 g/mol. The van der Waals surface area contributed by atoms with Crippen LogP contribution in [0.25, 0.3) is 22.3 Å². The van der Waals surface area contributed by atoms with Crippen LogP contribution < -0.4 is 11.1 Å². The minimum atomic E-state index is -0.612. The Morgan fingerprint density at radius 3 is 2.64 bits per heavy atom. The number of aromatic hydroxyl groups is 1. The molecular formula is C17H17N5O3. The number of aryl methyl sites for hydroxylation is 1. The number of pyridine rings is 1. The van der Waals surface area contributed by atoms with Crippen LogP contribution in [0.5, 0.6) is 5.75 Å². The smallest absolute Gasteiger partial charge is 0.412 e. The van der Waals surface area contributed by atoms with Crippen molar-refractivity contribution in [1.82, 2.24) is 15.0 Å². The number of nitrogens with two attached hydrogens (primary N) is 1. The summed E-state index contributed by atoms with van der Waals surface area (Å²) in [7, 11) is 0. The highest BCUT2D eigenvalue weighted by molar-refractivity contribution is 5.92. The van der Waals surface area contributed by atoms with Crippen molar-refractivity contribution in [3.63, 3.8) is 0 Å². The summed E-state index contributed by atoms with van der Waals surface area (Å²) < 4.78 is 4.82. The number of amides is 1. The molecular weight excluding hydrogens is 322 g/mol. The number of aromatic nitrogens is 3. The van der Waals surface area contributed by atoms with E-state index < -0.39 is 6.09 Å². The normalized spacial score (nSPS) is 10.6. The molecule has 0 bridgehead atoms. The maximum Gasteiger partial charge on any atom is 0.412 e.